The summed E-state index contributed by atoms with van der Waals surface area (Å²) in [4.78, 5) is 26.5. The van der Waals surface area contributed by atoms with Gasteiger partial charge in [-0.1, -0.05) is 242 Å². The molecule has 424 valence electrons. The number of nitrogens with one attached hydrogen (secondary N) is 1. The Morgan fingerprint density at radius 1 is 0.548 bits per heavy atom. The second kappa shape index (κ2) is 50.2. The molecule has 11 heteroatoms. The number of esters is 1. The molecule has 1 aliphatic heterocycles. The van der Waals surface area contributed by atoms with Crippen molar-refractivity contribution in [2.24, 2.45) is 0 Å². The molecule has 0 spiro atoms. The molecule has 73 heavy (non-hydrogen) atoms. The van der Waals surface area contributed by atoms with Crippen molar-refractivity contribution in [3.63, 3.8) is 0 Å². The first-order chi connectivity index (χ1) is 35.7. The van der Waals surface area contributed by atoms with E-state index in [0.29, 0.717) is 12.8 Å². The molecule has 0 radical (unpaired) electrons. The molecule has 1 heterocycles. The van der Waals surface area contributed by atoms with Crippen molar-refractivity contribution in [3.05, 3.63) is 60.8 Å². The van der Waals surface area contributed by atoms with Crippen molar-refractivity contribution in [1.82, 2.24) is 5.32 Å². The molecular formula is C62H111NO10. The maximum atomic E-state index is 13.4. The zero-order valence-electron chi connectivity index (χ0n) is 46.7. The molecule has 1 fully saturated rings. The van der Waals surface area contributed by atoms with Crippen LogP contribution in [0, 0.1) is 0 Å². The molecule has 11 nitrogen and oxygen atoms in total. The molecule has 0 aromatic carbocycles. The Morgan fingerprint density at radius 2 is 1.00 bits per heavy atom. The number of carbonyl (C=O) groups excluding carboxylic acids is 2. The molecule has 0 aromatic heterocycles. The van der Waals surface area contributed by atoms with Gasteiger partial charge in [-0.05, 0) is 70.6 Å². The Morgan fingerprint density at radius 3 is 1.51 bits per heavy atom. The third kappa shape index (κ3) is 38.5. The highest BCUT2D eigenvalue weighted by molar-refractivity contribution is 5.80. The Kier molecular flexibility index (Phi) is 47.0. The smallest absolute Gasteiger partial charge is 0.306 e. The molecular weight excluding hydrogens is 919 g/mol. The van der Waals surface area contributed by atoms with Gasteiger partial charge in [-0.3, -0.25) is 9.59 Å². The topological polar surface area (TPSA) is 175 Å². The summed E-state index contributed by atoms with van der Waals surface area (Å²) < 4.78 is 17.6. The lowest BCUT2D eigenvalue weighted by Gasteiger charge is -2.41. The molecule has 1 rings (SSSR count). The summed E-state index contributed by atoms with van der Waals surface area (Å²) >= 11 is 0. The number of hydrogen-bond donors (Lipinski definition) is 6. The lowest BCUT2D eigenvalue weighted by atomic mass is 9.99. The van der Waals surface area contributed by atoms with Gasteiger partial charge in [-0.2, -0.15) is 0 Å². The van der Waals surface area contributed by atoms with E-state index >= 15 is 0 Å². The number of aliphatic hydroxyl groups excluding tert-OH is 5. The summed E-state index contributed by atoms with van der Waals surface area (Å²) in [6, 6.07) is -1.03. The number of unbranched alkanes of at least 4 members (excludes halogenated alkanes) is 30. The van der Waals surface area contributed by atoms with Gasteiger partial charge in [0.25, 0.3) is 0 Å². The lowest BCUT2D eigenvalue weighted by molar-refractivity contribution is -0.305. The van der Waals surface area contributed by atoms with E-state index in [2.05, 4.69) is 68.6 Å². The normalized spacial score (nSPS) is 19.8. The first kappa shape index (κ1) is 68.4. The molecule has 1 saturated heterocycles. The maximum absolute atomic E-state index is 13.4. The minimum Gasteiger partial charge on any atom is -0.454 e. The van der Waals surface area contributed by atoms with E-state index in [1.54, 1.807) is 6.08 Å². The van der Waals surface area contributed by atoms with E-state index in [9.17, 15) is 35.1 Å². The van der Waals surface area contributed by atoms with Crippen molar-refractivity contribution in [2.75, 3.05) is 13.2 Å². The SMILES string of the molecule is CC/C=C/C=C/C=C/CCCCCCCCCC(=O)OC1C(OCC(NC(=O)C(O)CCCCCCCC/C=C/CCCCCCCC)C(O)/C=C/CCCCCCCCCCCCC)OC(CO)C(O)C1O. The van der Waals surface area contributed by atoms with Crippen LogP contribution >= 0.6 is 0 Å². The quantitative estimate of drug-likeness (QED) is 0.0149. The van der Waals surface area contributed by atoms with Crippen LogP contribution in [0.5, 0.6) is 0 Å². The third-order valence-corrected chi connectivity index (χ3v) is 14.0. The monoisotopic (exact) mass is 1030 g/mol. The van der Waals surface area contributed by atoms with Crippen molar-refractivity contribution in [2.45, 2.75) is 307 Å². The molecule has 0 aromatic rings. The van der Waals surface area contributed by atoms with Crippen LogP contribution in [0.1, 0.15) is 258 Å². The fourth-order valence-corrected chi connectivity index (χ4v) is 9.18. The van der Waals surface area contributed by atoms with Gasteiger partial charge >= 0.3 is 5.97 Å². The van der Waals surface area contributed by atoms with Crippen LogP contribution in [0.3, 0.4) is 0 Å². The average Bonchev–Trinajstić information content (AvgIpc) is 3.39. The average molecular weight is 1030 g/mol. The molecule has 1 amide bonds. The van der Waals surface area contributed by atoms with Crippen LogP contribution in [0.25, 0.3) is 0 Å². The Hall–Kier alpha value is -2.64. The molecule has 0 saturated carbocycles. The second-order valence-corrected chi connectivity index (χ2v) is 20.8. The number of rotatable bonds is 50. The van der Waals surface area contributed by atoms with Gasteiger partial charge in [0.2, 0.25) is 5.91 Å². The summed E-state index contributed by atoms with van der Waals surface area (Å²) in [7, 11) is 0. The second-order valence-electron chi connectivity index (χ2n) is 20.8. The predicted molar refractivity (Wildman–Crippen MR) is 301 cm³/mol. The highest BCUT2D eigenvalue weighted by Gasteiger charge is 2.47. The zero-order valence-corrected chi connectivity index (χ0v) is 46.7. The van der Waals surface area contributed by atoms with Crippen LogP contribution in [-0.2, 0) is 23.8 Å². The summed E-state index contributed by atoms with van der Waals surface area (Å²) in [5.41, 5.74) is 0. The van der Waals surface area contributed by atoms with Crippen LogP contribution < -0.4 is 5.32 Å². The number of carbonyl (C=O) groups is 2. The molecule has 8 atom stereocenters. The Labute approximate surface area is 446 Å². The van der Waals surface area contributed by atoms with E-state index in [-0.39, 0.29) is 19.4 Å². The number of ether oxygens (including phenoxy) is 3. The highest BCUT2D eigenvalue weighted by atomic mass is 16.7. The molecule has 0 aliphatic carbocycles. The van der Waals surface area contributed by atoms with Crippen LogP contribution in [0.2, 0.25) is 0 Å². The maximum Gasteiger partial charge on any atom is 0.306 e. The molecule has 0 bridgehead atoms. The van der Waals surface area contributed by atoms with Crippen molar-refractivity contribution < 1.29 is 49.3 Å². The highest BCUT2D eigenvalue weighted by Crippen LogP contribution is 2.26. The van der Waals surface area contributed by atoms with E-state index in [1.807, 2.05) is 12.2 Å². The molecule has 6 N–H and O–H groups in total. The third-order valence-electron chi connectivity index (χ3n) is 14.0. The summed E-state index contributed by atoms with van der Waals surface area (Å²) in [5.74, 6) is -1.21. The van der Waals surface area contributed by atoms with E-state index in [1.165, 1.54) is 109 Å². The minimum absolute atomic E-state index is 0.109. The van der Waals surface area contributed by atoms with E-state index < -0.39 is 67.4 Å². The number of aliphatic hydroxyl groups is 5. The van der Waals surface area contributed by atoms with Crippen molar-refractivity contribution >= 4 is 11.9 Å². The number of amides is 1. The standard InChI is InChI=1S/C62H111NO10/c1-4-7-10-13-16-19-22-25-27-29-31-34-37-40-43-46-49-55(66)61(70)63-53(54(65)48-45-42-39-36-33-30-24-21-18-15-12-9-6-3)52-71-62-60(59(69)58(68)56(51-64)72-62)73-57(67)50-47-44-41-38-35-32-28-26-23-20-17-14-11-8-5-2/h8,11,14,17,20,23,25,27,45,48,53-56,58-60,62,64-66,68-69H,4-7,9-10,12-13,15-16,18-19,21-22,24,26,28-44,46-47,49-52H2,1-3H3,(H,63,70)/b11-8+,17-14+,23-20+,27-25+,48-45+. The fraction of sp³-hybridized carbons (Fsp3) is 0.806. The fourth-order valence-electron chi connectivity index (χ4n) is 9.18. The van der Waals surface area contributed by atoms with Crippen LogP contribution in [0.15, 0.2) is 60.8 Å². The zero-order chi connectivity index (χ0) is 53.3. The Bertz CT molecular complexity index is 1420. The lowest BCUT2D eigenvalue weighted by Crippen LogP contribution is -2.61. The molecule has 1 aliphatic rings. The summed E-state index contributed by atoms with van der Waals surface area (Å²) in [6.45, 7) is 5.65. The van der Waals surface area contributed by atoms with Gasteiger partial charge in [0.15, 0.2) is 12.4 Å². The van der Waals surface area contributed by atoms with Crippen molar-refractivity contribution in [3.8, 4) is 0 Å². The van der Waals surface area contributed by atoms with Gasteiger partial charge in [-0.25, -0.2) is 0 Å². The predicted octanol–water partition coefficient (Wildman–Crippen LogP) is 13.8. The first-order valence-corrected chi connectivity index (χ1v) is 30.1. The van der Waals surface area contributed by atoms with Crippen LogP contribution in [-0.4, -0.2) is 99.6 Å². The first-order valence-electron chi connectivity index (χ1n) is 30.1. The number of hydrogen-bond acceptors (Lipinski definition) is 10. The van der Waals surface area contributed by atoms with Gasteiger partial charge in [0.05, 0.1) is 25.4 Å². The van der Waals surface area contributed by atoms with Gasteiger partial charge in [0, 0.05) is 6.42 Å². The van der Waals surface area contributed by atoms with Crippen LogP contribution in [0.4, 0.5) is 0 Å². The van der Waals surface area contributed by atoms with Gasteiger partial charge in [0.1, 0.15) is 24.4 Å². The van der Waals surface area contributed by atoms with Crippen molar-refractivity contribution in [1.29, 1.82) is 0 Å². The van der Waals surface area contributed by atoms with Gasteiger partial charge in [-0.15, -0.1) is 0 Å². The summed E-state index contributed by atoms with van der Waals surface area (Å²) in [6.07, 6.45) is 51.1. The Balaban J connectivity index is 2.73. The van der Waals surface area contributed by atoms with E-state index in [0.717, 1.165) is 103 Å². The minimum atomic E-state index is -1.62. The summed E-state index contributed by atoms with van der Waals surface area (Å²) in [5, 5.41) is 56.9. The largest absolute Gasteiger partial charge is 0.454 e. The van der Waals surface area contributed by atoms with Gasteiger partial charge < -0.3 is 45.1 Å². The number of allylic oxidation sites excluding steroid dienone is 9. The molecule has 8 unspecified atom stereocenters. The van der Waals surface area contributed by atoms with E-state index in [4.69, 9.17) is 14.2 Å².